The van der Waals surface area contributed by atoms with Crippen LogP contribution in [0.2, 0.25) is 0 Å². The van der Waals surface area contributed by atoms with Crippen LogP contribution >= 0.6 is 0 Å². The highest BCUT2D eigenvalue weighted by Gasteiger charge is 2.33. The van der Waals surface area contributed by atoms with E-state index in [0.29, 0.717) is 17.2 Å². The molecule has 1 aliphatic rings. The van der Waals surface area contributed by atoms with E-state index in [4.69, 9.17) is 19.3 Å². The predicted molar refractivity (Wildman–Crippen MR) is 92.4 cm³/mol. The fourth-order valence-corrected chi connectivity index (χ4v) is 2.59. The van der Waals surface area contributed by atoms with Crippen molar-refractivity contribution in [1.82, 2.24) is 5.32 Å². The number of nitrogens with one attached hydrogen (secondary N) is 1. The number of carbonyl (C=O) groups is 2. The number of rotatable bonds is 6. The van der Waals surface area contributed by atoms with Gasteiger partial charge in [-0.2, -0.15) is 0 Å². The molecule has 0 fully saturated rings. The van der Waals surface area contributed by atoms with Crippen LogP contribution in [0.3, 0.4) is 0 Å². The van der Waals surface area contributed by atoms with Gasteiger partial charge in [-0.1, -0.05) is 24.3 Å². The molecule has 2 unspecified atom stereocenters. The van der Waals surface area contributed by atoms with Crippen LogP contribution in [0.5, 0.6) is 17.2 Å². The molecule has 1 aliphatic heterocycles. The Morgan fingerprint density at radius 3 is 2.58 bits per heavy atom. The highest BCUT2D eigenvalue weighted by molar-refractivity contribution is 5.82. The van der Waals surface area contributed by atoms with Crippen molar-refractivity contribution in [3.05, 3.63) is 54.1 Å². The molecule has 2 aromatic carbocycles. The molecule has 0 aromatic heterocycles. The third-order valence-electron chi connectivity index (χ3n) is 3.83. The minimum absolute atomic E-state index is 0.261. The first-order chi connectivity index (χ1) is 12.5. The van der Waals surface area contributed by atoms with Gasteiger partial charge < -0.3 is 24.6 Å². The molecule has 7 heteroatoms. The smallest absolute Gasteiger partial charge is 0.341 e. The van der Waals surface area contributed by atoms with Crippen LogP contribution < -0.4 is 19.5 Å². The monoisotopic (exact) mass is 357 g/mol. The van der Waals surface area contributed by atoms with Crippen molar-refractivity contribution in [3.63, 3.8) is 0 Å². The zero-order valence-corrected chi connectivity index (χ0v) is 14.2. The summed E-state index contributed by atoms with van der Waals surface area (Å²) in [6.45, 7) is 1.62. The van der Waals surface area contributed by atoms with Gasteiger partial charge in [0.2, 0.25) is 6.10 Å². The van der Waals surface area contributed by atoms with E-state index in [1.54, 1.807) is 37.3 Å². The van der Waals surface area contributed by atoms with Crippen LogP contribution in [0.25, 0.3) is 0 Å². The molecule has 2 atom stereocenters. The molecule has 2 N–H and O–H groups in total. The van der Waals surface area contributed by atoms with E-state index in [1.807, 2.05) is 18.2 Å². The minimum atomic E-state index is -1.05. The van der Waals surface area contributed by atoms with Crippen LogP contribution in [0, 0.1) is 0 Å². The molecule has 0 spiro atoms. The lowest BCUT2D eigenvalue weighted by atomic mass is 10.1. The standard InChI is InChI=1S/C19H19NO6/c1-12-18(26-16-8-3-2-7-15(16)25-12)19(23)20-10-13-5-4-6-14(9-13)24-11-17(21)22/h2-9,12,18H,10-11H2,1H3,(H,20,23)(H,21,22). The Morgan fingerprint density at radius 2 is 1.85 bits per heavy atom. The van der Waals surface area contributed by atoms with Gasteiger partial charge in [-0.15, -0.1) is 0 Å². The molecule has 1 amide bonds. The Balaban J connectivity index is 1.59. The summed E-state index contributed by atoms with van der Waals surface area (Å²) in [4.78, 5) is 23.0. The van der Waals surface area contributed by atoms with Gasteiger partial charge in [0, 0.05) is 6.54 Å². The molecule has 0 aliphatic carbocycles. The Kier molecular flexibility index (Phi) is 5.26. The Bertz CT molecular complexity index is 806. The molecule has 0 radical (unpaired) electrons. The van der Waals surface area contributed by atoms with Crippen LogP contribution in [0.4, 0.5) is 0 Å². The summed E-state index contributed by atoms with van der Waals surface area (Å²) in [5.74, 6) is 0.247. The number of benzene rings is 2. The maximum atomic E-state index is 12.5. The second-order valence-electron chi connectivity index (χ2n) is 5.86. The summed E-state index contributed by atoms with van der Waals surface area (Å²) in [6.07, 6.45) is -1.17. The van der Waals surface area contributed by atoms with Crippen LogP contribution in [0.1, 0.15) is 12.5 Å². The summed E-state index contributed by atoms with van der Waals surface area (Å²) in [7, 11) is 0. The zero-order valence-electron chi connectivity index (χ0n) is 14.2. The molecule has 136 valence electrons. The van der Waals surface area contributed by atoms with Gasteiger partial charge in [-0.25, -0.2) is 4.79 Å². The van der Waals surface area contributed by atoms with Crippen LogP contribution in [0.15, 0.2) is 48.5 Å². The van der Waals surface area contributed by atoms with Gasteiger partial charge in [0.25, 0.3) is 5.91 Å². The van der Waals surface area contributed by atoms with Crippen molar-refractivity contribution in [2.24, 2.45) is 0 Å². The van der Waals surface area contributed by atoms with E-state index >= 15 is 0 Å². The van der Waals surface area contributed by atoms with E-state index in [0.717, 1.165) is 5.56 Å². The lowest BCUT2D eigenvalue weighted by Crippen LogP contribution is -2.48. The van der Waals surface area contributed by atoms with E-state index < -0.39 is 24.8 Å². The molecule has 1 heterocycles. The molecule has 0 saturated heterocycles. The van der Waals surface area contributed by atoms with Crippen LogP contribution in [-0.4, -0.2) is 35.8 Å². The summed E-state index contributed by atoms with van der Waals surface area (Å²) in [5.41, 5.74) is 0.783. The van der Waals surface area contributed by atoms with Crippen molar-refractivity contribution >= 4 is 11.9 Å². The Morgan fingerprint density at radius 1 is 1.12 bits per heavy atom. The molecule has 26 heavy (non-hydrogen) atoms. The van der Waals surface area contributed by atoms with Crippen molar-refractivity contribution < 1.29 is 28.9 Å². The molecule has 2 aromatic rings. The summed E-state index contributed by atoms with van der Waals surface area (Å²) in [5, 5.41) is 11.5. The van der Waals surface area contributed by atoms with Crippen molar-refractivity contribution in [3.8, 4) is 17.2 Å². The third kappa shape index (κ3) is 4.24. The number of fused-ring (bicyclic) bond motifs is 1. The van der Waals surface area contributed by atoms with E-state index in [1.165, 1.54) is 0 Å². The Labute approximate surface area is 150 Å². The number of carbonyl (C=O) groups excluding carboxylic acids is 1. The average molecular weight is 357 g/mol. The largest absolute Gasteiger partial charge is 0.482 e. The maximum Gasteiger partial charge on any atom is 0.341 e. The molecular formula is C19H19NO6. The highest BCUT2D eigenvalue weighted by Crippen LogP contribution is 2.33. The number of hydrogen-bond acceptors (Lipinski definition) is 5. The lowest BCUT2D eigenvalue weighted by molar-refractivity contribution is -0.139. The second kappa shape index (κ2) is 7.77. The van der Waals surface area contributed by atoms with Crippen LogP contribution in [-0.2, 0) is 16.1 Å². The minimum Gasteiger partial charge on any atom is -0.482 e. The fourth-order valence-electron chi connectivity index (χ4n) is 2.59. The molecular weight excluding hydrogens is 338 g/mol. The fraction of sp³-hybridized carbons (Fsp3) is 0.263. The van der Waals surface area contributed by atoms with Crippen molar-refractivity contribution in [2.45, 2.75) is 25.7 Å². The highest BCUT2D eigenvalue weighted by atomic mass is 16.6. The number of para-hydroxylation sites is 2. The first-order valence-electron chi connectivity index (χ1n) is 8.16. The first-order valence-corrected chi connectivity index (χ1v) is 8.16. The van der Waals surface area contributed by atoms with Gasteiger partial charge in [0.05, 0.1) is 0 Å². The molecule has 7 nitrogen and oxygen atoms in total. The van der Waals surface area contributed by atoms with E-state index in [2.05, 4.69) is 5.32 Å². The third-order valence-corrected chi connectivity index (χ3v) is 3.83. The normalized spacial score (nSPS) is 18.0. The first kappa shape index (κ1) is 17.6. The number of carboxylic acid groups (broad SMARTS) is 1. The SMILES string of the molecule is CC1Oc2ccccc2OC1C(=O)NCc1cccc(OCC(=O)O)c1. The van der Waals surface area contributed by atoms with E-state index in [9.17, 15) is 9.59 Å². The van der Waals surface area contributed by atoms with E-state index in [-0.39, 0.29) is 12.5 Å². The van der Waals surface area contributed by atoms with Gasteiger partial charge >= 0.3 is 5.97 Å². The van der Waals surface area contributed by atoms with Gasteiger partial charge in [-0.05, 0) is 36.8 Å². The number of hydrogen-bond donors (Lipinski definition) is 2. The second-order valence-corrected chi connectivity index (χ2v) is 5.86. The summed E-state index contributed by atoms with van der Waals surface area (Å²) < 4.78 is 16.6. The average Bonchev–Trinajstić information content (AvgIpc) is 2.64. The summed E-state index contributed by atoms with van der Waals surface area (Å²) in [6, 6.07) is 14.1. The number of amides is 1. The summed E-state index contributed by atoms with van der Waals surface area (Å²) >= 11 is 0. The molecule has 0 saturated carbocycles. The molecule has 3 rings (SSSR count). The quantitative estimate of drug-likeness (QED) is 0.821. The van der Waals surface area contributed by atoms with Gasteiger partial charge in [0.1, 0.15) is 11.9 Å². The van der Waals surface area contributed by atoms with Gasteiger partial charge in [0.15, 0.2) is 18.1 Å². The zero-order chi connectivity index (χ0) is 18.5. The number of carboxylic acids is 1. The Hall–Kier alpha value is -3.22. The number of aliphatic carboxylic acids is 1. The predicted octanol–water partition coefficient (Wildman–Crippen LogP) is 1.99. The van der Waals surface area contributed by atoms with Gasteiger partial charge in [-0.3, -0.25) is 4.79 Å². The maximum absolute atomic E-state index is 12.5. The molecule has 0 bridgehead atoms. The van der Waals surface area contributed by atoms with Crippen molar-refractivity contribution in [1.29, 1.82) is 0 Å². The topological polar surface area (TPSA) is 94.1 Å². The number of ether oxygens (including phenoxy) is 3. The lowest BCUT2D eigenvalue weighted by Gasteiger charge is -2.31. The van der Waals surface area contributed by atoms with Crippen molar-refractivity contribution in [2.75, 3.05) is 6.61 Å².